The minimum atomic E-state index is -0.646. The van der Waals surface area contributed by atoms with E-state index in [-0.39, 0.29) is 23.6 Å². The molecule has 2 aromatic rings. The van der Waals surface area contributed by atoms with E-state index in [2.05, 4.69) is 20.9 Å². The summed E-state index contributed by atoms with van der Waals surface area (Å²) in [6.07, 6.45) is 9.41. The van der Waals surface area contributed by atoms with Gasteiger partial charge in [-0.1, -0.05) is 25.3 Å². The summed E-state index contributed by atoms with van der Waals surface area (Å²) in [5, 5.41) is 8.94. The maximum Gasteiger partial charge on any atom is 0.270 e. The number of nitrogens with zero attached hydrogens (tertiary/aromatic N) is 2. The van der Waals surface area contributed by atoms with E-state index in [1.165, 1.54) is 6.20 Å². The number of aromatic nitrogens is 2. The molecule has 1 atom stereocenters. The van der Waals surface area contributed by atoms with Gasteiger partial charge in [-0.2, -0.15) is 0 Å². The molecule has 9 nitrogen and oxygen atoms in total. The third-order valence-corrected chi connectivity index (χ3v) is 7.57. The van der Waals surface area contributed by atoms with Crippen LogP contribution in [0.1, 0.15) is 61.0 Å². The van der Waals surface area contributed by atoms with Crippen molar-refractivity contribution in [1.29, 1.82) is 0 Å². The molecule has 1 saturated carbocycles. The van der Waals surface area contributed by atoms with E-state index in [9.17, 15) is 14.4 Å². The lowest BCUT2D eigenvalue weighted by molar-refractivity contribution is -0.124. The molecule has 5 rings (SSSR count). The van der Waals surface area contributed by atoms with Crippen molar-refractivity contribution in [3.63, 3.8) is 0 Å². The molecule has 3 aliphatic rings. The molecule has 0 bridgehead atoms. The summed E-state index contributed by atoms with van der Waals surface area (Å²) in [5.74, 6) is -0.482. The molecular formula is C25H31N5O4. The fourth-order valence-electron chi connectivity index (χ4n) is 5.60. The first-order valence-electron chi connectivity index (χ1n) is 12.1. The van der Waals surface area contributed by atoms with Crippen molar-refractivity contribution in [2.24, 2.45) is 13.0 Å². The van der Waals surface area contributed by atoms with Gasteiger partial charge in [0.05, 0.1) is 17.9 Å². The molecule has 3 N–H and O–H groups in total. The Morgan fingerprint density at radius 2 is 1.97 bits per heavy atom. The fourth-order valence-corrected chi connectivity index (χ4v) is 5.60. The minimum Gasteiger partial charge on any atom is -0.381 e. The lowest BCUT2D eigenvalue weighted by atomic mass is 9.75. The van der Waals surface area contributed by atoms with Crippen LogP contribution in [0.15, 0.2) is 30.7 Å². The Morgan fingerprint density at radius 1 is 1.21 bits per heavy atom. The minimum absolute atomic E-state index is 0.00204. The molecule has 1 saturated heterocycles. The highest BCUT2D eigenvalue weighted by Crippen LogP contribution is 2.45. The van der Waals surface area contributed by atoms with Crippen LogP contribution >= 0.6 is 0 Å². The van der Waals surface area contributed by atoms with Crippen LogP contribution in [0, 0.1) is 5.92 Å². The highest BCUT2D eigenvalue weighted by molar-refractivity contribution is 6.07. The third-order valence-electron chi connectivity index (χ3n) is 7.57. The Bertz CT molecular complexity index is 1100. The van der Waals surface area contributed by atoms with Crippen LogP contribution in [0.5, 0.6) is 0 Å². The van der Waals surface area contributed by atoms with Crippen molar-refractivity contribution in [2.75, 3.05) is 23.8 Å². The molecule has 180 valence electrons. The van der Waals surface area contributed by atoms with Crippen molar-refractivity contribution in [3.8, 4) is 0 Å². The van der Waals surface area contributed by atoms with Gasteiger partial charge in [-0.15, -0.1) is 0 Å². The van der Waals surface area contributed by atoms with Gasteiger partial charge in [-0.05, 0) is 49.3 Å². The zero-order valence-electron chi connectivity index (χ0n) is 19.4. The Labute approximate surface area is 198 Å². The Kier molecular flexibility index (Phi) is 6.12. The predicted octanol–water partition coefficient (Wildman–Crippen LogP) is 2.74. The van der Waals surface area contributed by atoms with E-state index < -0.39 is 11.5 Å². The van der Waals surface area contributed by atoms with E-state index in [4.69, 9.17) is 4.74 Å². The Balaban J connectivity index is 1.35. The largest absolute Gasteiger partial charge is 0.381 e. The second kappa shape index (κ2) is 9.21. The molecule has 9 heteroatoms. The predicted molar refractivity (Wildman–Crippen MR) is 126 cm³/mol. The molecule has 2 fully saturated rings. The smallest absolute Gasteiger partial charge is 0.270 e. The van der Waals surface area contributed by atoms with Crippen LogP contribution in [0.2, 0.25) is 0 Å². The van der Waals surface area contributed by atoms with Gasteiger partial charge in [0.1, 0.15) is 11.7 Å². The summed E-state index contributed by atoms with van der Waals surface area (Å²) in [5.41, 5.74) is 2.17. The number of nitrogens with one attached hydrogen (secondary N) is 3. The number of amides is 3. The molecule has 1 aliphatic carbocycles. The monoisotopic (exact) mass is 465 g/mol. The molecule has 0 radical (unpaired) electrons. The summed E-state index contributed by atoms with van der Waals surface area (Å²) < 4.78 is 7.11. The van der Waals surface area contributed by atoms with Crippen molar-refractivity contribution < 1.29 is 19.1 Å². The van der Waals surface area contributed by atoms with Crippen molar-refractivity contribution in [1.82, 2.24) is 14.9 Å². The molecule has 2 aliphatic heterocycles. The van der Waals surface area contributed by atoms with Crippen LogP contribution in [0.4, 0.5) is 11.4 Å². The van der Waals surface area contributed by atoms with Gasteiger partial charge in [-0.25, -0.2) is 4.98 Å². The van der Waals surface area contributed by atoms with Crippen molar-refractivity contribution in [2.45, 2.75) is 56.4 Å². The fraction of sp³-hybridized carbons (Fsp3) is 0.520. The van der Waals surface area contributed by atoms with Gasteiger partial charge in [0, 0.05) is 31.6 Å². The number of imidazole rings is 1. The highest BCUT2D eigenvalue weighted by Gasteiger charge is 2.47. The van der Waals surface area contributed by atoms with Crippen LogP contribution < -0.4 is 16.0 Å². The zero-order valence-corrected chi connectivity index (χ0v) is 19.4. The quantitative estimate of drug-likeness (QED) is 0.628. The van der Waals surface area contributed by atoms with E-state index in [1.54, 1.807) is 17.9 Å². The van der Waals surface area contributed by atoms with Gasteiger partial charge in [0.15, 0.2) is 0 Å². The van der Waals surface area contributed by atoms with Crippen LogP contribution in [-0.4, -0.2) is 46.5 Å². The highest BCUT2D eigenvalue weighted by atomic mass is 16.5. The SMILES string of the molecule is Cn1cncc1C(=O)NC(C(=O)Nc1ccc2c(c1)NC(=O)C21CCOCC1)C1CCCCC1. The Hall–Kier alpha value is -3.20. The first-order chi connectivity index (χ1) is 16.5. The van der Waals surface area contributed by atoms with Crippen molar-refractivity contribution >= 4 is 29.1 Å². The molecular weight excluding hydrogens is 434 g/mol. The van der Waals surface area contributed by atoms with Gasteiger partial charge in [0.2, 0.25) is 11.8 Å². The van der Waals surface area contributed by atoms with Gasteiger partial charge < -0.3 is 25.3 Å². The maximum absolute atomic E-state index is 13.4. The summed E-state index contributed by atoms with van der Waals surface area (Å²) >= 11 is 0. The summed E-state index contributed by atoms with van der Waals surface area (Å²) in [7, 11) is 1.75. The molecule has 1 aromatic heterocycles. The second-order valence-electron chi connectivity index (χ2n) is 9.64. The lowest BCUT2D eigenvalue weighted by Crippen LogP contribution is -2.49. The van der Waals surface area contributed by atoms with Crippen LogP contribution in [-0.2, 0) is 26.8 Å². The van der Waals surface area contributed by atoms with Crippen LogP contribution in [0.3, 0.4) is 0 Å². The van der Waals surface area contributed by atoms with Gasteiger partial charge >= 0.3 is 0 Å². The second-order valence-corrected chi connectivity index (χ2v) is 9.64. The molecule has 3 amide bonds. The zero-order chi connectivity index (χ0) is 23.7. The first kappa shape index (κ1) is 22.6. The standard InChI is InChI=1S/C25H31N5O4/c1-30-15-26-14-20(30)22(31)29-21(16-5-3-2-4-6-16)23(32)27-17-7-8-18-19(13-17)28-24(33)25(18)9-11-34-12-10-25/h7-8,13-16,21H,2-6,9-12H2,1H3,(H,27,32)(H,28,33)(H,29,31). The van der Waals surface area contributed by atoms with E-state index in [1.807, 2.05) is 18.2 Å². The number of anilines is 2. The van der Waals surface area contributed by atoms with E-state index >= 15 is 0 Å². The Morgan fingerprint density at radius 3 is 2.68 bits per heavy atom. The van der Waals surface area contributed by atoms with Crippen LogP contribution in [0.25, 0.3) is 0 Å². The number of fused-ring (bicyclic) bond motifs is 2. The number of benzene rings is 1. The number of rotatable bonds is 5. The normalized spacial score (nSPS) is 20.4. The lowest BCUT2D eigenvalue weighted by Gasteiger charge is -2.31. The summed E-state index contributed by atoms with van der Waals surface area (Å²) in [6.45, 7) is 1.12. The topological polar surface area (TPSA) is 114 Å². The molecule has 3 heterocycles. The van der Waals surface area contributed by atoms with E-state index in [0.29, 0.717) is 37.4 Å². The number of hydrogen-bond acceptors (Lipinski definition) is 5. The van der Waals surface area contributed by atoms with E-state index in [0.717, 1.165) is 43.4 Å². The molecule has 1 spiro atoms. The average molecular weight is 466 g/mol. The molecule has 1 aromatic carbocycles. The van der Waals surface area contributed by atoms with Crippen molar-refractivity contribution in [3.05, 3.63) is 42.0 Å². The number of aryl methyl sites for hydroxylation is 1. The summed E-state index contributed by atoms with van der Waals surface area (Å²) in [6, 6.07) is 4.94. The average Bonchev–Trinajstić information content (AvgIpc) is 3.39. The number of carbonyl (C=O) groups is 3. The summed E-state index contributed by atoms with van der Waals surface area (Å²) in [4.78, 5) is 43.1. The number of ether oxygens (including phenoxy) is 1. The maximum atomic E-state index is 13.4. The van der Waals surface area contributed by atoms with Gasteiger partial charge in [-0.3, -0.25) is 14.4 Å². The number of hydrogen-bond donors (Lipinski definition) is 3. The third kappa shape index (κ3) is 4.09. The first-order valence-corrected chi connectivity index (χ1v) is 12.1. The van der Waals surface area contributed by atoms with Gasteiger partial charge in [0.25, 0.3) is 5.91 Å². The molecule has 1 unspecified atom stereocenters. The number of carbonyl (C=O) groups excluding carboxylic acids is 3. The molecule has 34 heavy (non-hydrogen) atoms.